The lowest BCUT2D eigenvalue weighted by atomic mass is 10.2. The molecular weight excluding hydrogens is 328 g/mol. The number of nitrogens with two attached hydrogens (primary N) is 1. The van der Waals surface area contributed by atoms with Gasteiger partial charge in [-0.05, 0) is 18.6 Å². The molecule has 0 aliphatic rings. The average molecular weight is 345 g/mol. The summed E-state index contributed by atoms with van der Waals surface area (Å²) in [5, 5.41) is 11.1. The molecule has 10 heteroatoms. The second-order valence-electron chi connectivity index (χ2n) is 4.51. The molecule has 0 unspecified atom stereocenters. The summed E-state index contributed by atoms with van der Waals surface area (Å²) in [5.41, 5.74) is 4.93. The average Bonchev–Trinajstić information content (AvgIpc) is 2.50. The minimum absolute atomic E-state index is 0.00491. The molecule has 1 aromatic carbocycles. The summed E-state index contributed by atoms with van der Waals surface area (Å²) in [6.07, 6.45) is -0.639. The van der Waals surface area contributed by atoms with Gasteiger partial charge < -0.3 is 25.1 Å². The Balaban J connectivity index is 3.14. The number of amides is 1. The van der Waals surface area contributed by atoms with Crippen molar-refractivity contribution in [3.8, 4) is 11.5 Å². The molecule has 9 nitrogen and oxygen atoms in total. The molecule has 1 amide bonds. The molecule has 0 aliphatic heterocycles. The number of carboxylic acid groups (broad SMARTS) is 1. The van der Waals surface area contributed by atoms with Crippen LogP contribution >= 0.6 is 0 Å². The van der Waals surface area contributed by atoms with Crippen LogP contribution in [0.15, 0.2) is 23.1 Å². The topological polar surface area (TPSA) is 148 Å². The highest BCUT2D eigenvalue weighted by molar-refractivity contribution is 7.89. The number of sulfonamides is 1. The molecule has 0 spiro atoms. The van der Waals surface area contributed by atoms with E-state index in [0.717, 1.165) is 0 Å². The van der Waals surface area contributed by atoms with E-state index in [1.54, 1.807) is 0 Å². The van der Waals surface area contributed by atoms with Gasteiger partial charge in [0.15, 0.2) is 0 Å². The zero-order valence-corrected chi connectivity index (χ0v) is 13.4. The Morgan fingerprint density at radius 2 is 1.96 bits per heavy atom. The molecule has 0 radical (unpaired) electrons. The van der Waals surface area contributed by atoms with Gasteiger partial charge in [0.2, 0.25) is 15.9 Å². The highest BCUT2D eigenvalue weighted by Crippen LogP contribution is 2.28. The number of aliphatic carboxylic acids is 1. The first-order chi connectivity index (χ1) is 10.7. The number of primary amides is 1. The lowest BCUT2D eigenvalue weighted by molar-refractivity contribution is -0.308. The summed E-state index contributed by atoms with van der Waals surface area (Å²) in [6.45, 7) is 0. The Labute approximate surface area is 133 Å². The highest BCUT2D eigenvalue weighted by atomic mass is 32.2. The van der Waals surface area contributed by atoms with Gasteiger partial charge in [0.05, 0.1) is 26.2 Å². The van der Waals surface area contributed by atoms with E-state index in [1.165, 1.54) is 32.4 Å². The Morgan fingerprint density at radius 3 is 2.43 bits per heavy atom. The zero-order chi connectivity index (χ0) is 17.6. The van der Waals surface area contributed by atoms with Gasteiger partial charge in [0.1, 0.15) is 16.4 Å². The maximum atomic E-state index is 12.4. The molecule has 1 atom stereocenters. The molecular formula is C13H17N2O7S-. The number of ether oxygens (including phenoxy) is 2. The number of benzene rings is 1. The number of nitrogens with one attached hydrogen (secondary N) is 1. The van der Waals surface area contributed by atoms with Crippen molar-refractivity contribution >= 4 is 21.9 Å². The maximum Gasteiger partial charge on any atom is 0.244 e. The zero-order valence-electron chi connectivity index (χ0n) is 12.6. The third-order valence-corrected chi connectivity index (χ3v) is 4.41. The van der Waals surface area contributed by atoms with Gasteiger partial charge in [-0.2, -0.15) is 0 Å². The maximum absolute atomic E-state index is 12.4. The summed E-state index contributed by atoms with van der Waals surface area (Å²) < 4.78 is 36.6. The fourth-order valence-corrected chi connectivity index (χ4v) is 3.16. The van der Waals surface area contributed by atoms with E-state index in [9.17, 15) is 23.1 Å². The van der Waals surface area contributed by atoms with Crippen molar-refractivity contribution in [1.82, 2.24) is 4.72 Å². The predicted octanol–water partition coefficient (Wildman–Crippen LogP) is -1.63. The highest BCUT2D eigenvalue weighted by Gasteiger charge is 2.25. The molecule has 128 valence electrons. The summed E-state index contributed by atoms with van der Waals surface area (Å²) in [4.78, 5) is 21.5. The van der Waals surface area contributed by atoms with Gasteiger partial charge in [0.25, 0.3) is 0 Å². The van der Waals surface area contributed by atoms with Crippen molar-refractivity contribution in [2.24, 2.45) is 5.73 Å². The van der Waals surface area contributed by atoms with E-state index >= 15 is 0 Å². The fourth-order valence-electron chi connectivity index (χ4n) is 1.76. The molecule has 1 aromatic rings. The number of methoxy groups -OCH3 is 2. The van der Waals surface area contributed by atoms with Crippen LogP contribution in [-0.2, 0) is 19.6 Å². The van der Waals surface area contributed by atoms with E-state index in [1.807, 2.05) is 4.72 Å². The first-order valence-electron chi connectivity index (χ1n) is 6.44. The van der Waals surface area contributed by atoms with Crippen LogP contribution in [0.2, 0.25) is 0 Å². The van der Waals surface area contributed by atoms with Gasteiger partial charge in [-0.25, -0.2) is 13.1 Å². The van der Waals surface area contributed by atoms with Gasteiger partial charge in [-0.1, -0.05) is 0 Å². The van der Waals surface area contributed by atoms with Crippen LogP contribution in [0.1, 0.15) is 12.8 Å². The molecule has 0 saturated heterocycles. The van der Waals surface area contributed by atoms with Crippen LogP contribution in [0, 0.1) is 0 Å². The van der Waals surface area contributed by atoms with Gasteiger partial charge in [-0.3, -0.25) is 4.79 Å². The monoisotopic (exact) mass is 345 g/mol. The molecule has 23 heavy (non-hydrogen) atoms. The van der Waals surface area contributed by atoms with Crippen molar-refractivity contribution in [2.45, 2.75) is 23.8 Å². The van der Waals surface area contributed by atoms with E-state index in [-0.39, 0.29) is 29.2 Å². The van der Waals surface area contributed by atoms with Crippen molar-refractivity contribution in [3.63, 3.8) is 0 Å². The number of carbonyl (C=O) groups excluding carboxylic acids is 2. The molecule has 3 N–H and O–H groups in total. The lowest BCUT2D eigenvalue weighted by Crippen LogP contribution is -2.48. The Morgan fingerprint density at radius 1 is 1.30 bits per heavy atom. The normalized spacial score (nSPS) is 12.4. The molecule has 0 fully saturated rings. The van der Waals surface area contributed by atoms with Gasteiger partial charge >= 0.3 is 0 Å². The number of hydrogen-bond acceptors (Lipinski definition) is 7. The van der Waals surface area contributed by atoms with E-state index in [0.29, 0.717) is 0 Å². The minimum atomic E-state index is -4.26. The molecule has 0 aromatic heterocycles. The van der Waals surface area contributed by atoms with Crippen molar-refractivity contribution in [2.75, 3.05) is 14.2 Å². The predicted molar refractivity (Wildman–Crippen MR) is 77.1 cm³/mol. The number of hydrogen-bond donors (Lipinski definition) is 2. The molecule has 0 heterocycles. The minimum Gasteiger partial charge on any atom is -0.548 e. The van der Waals surface area contributed by atoms with Crippen LogP contribution < -0.4 is 25.0 Å². The molecule has 1 rings (SSSR count). The number of carbonyl (C=O) groups is 2. The molecule has 0 bridgehead atoms. The third-order valence-electron chi connectivity index (χ3n) is 2.92. The van der Waals surface area contributed by atoms with Crippen molar-refractivity contribution in [1.29, 1.82) is 0 Å². The number of carboxylic acids is 1. The third kappa shape index (κ3) is 5.11. The smallest absolute Gasteiger partial charge is 0.244 e. The first kappa shape index (κ1) is 18.7. The first-order valence-corrected chi connectivity index (χ1v) is 7.93. The van der Waals surface area contributed by atoms with Crippen LogP contribution in [0.5, 0.6) is 11.5 Å². The van der Waals surface area contributed by atoms with Gasteiger partial charge in [0, 0.05) is 12.5 Å². The second-order valence-corrected chi connectivity index (χ2v) is 6.20. The van der Waals surface area contributed by atoms with E-state index in [4.69, 9.17) is 15.2 Å². The van der Waals surface area contributed by atoms with Crippen LogP contribution in [0.4, 0.5) is 0 Å². The van der Waals surface area contributed by atoms with Crippen molar-refractivity contribution < 1.29 is 32.6 Å². The van der Waals surface area contributed by atoms with E-state index in [2.05, 4.69) is 0 Å². The molecule has 0 aliphatic carbocycles. The Bertz CT molecular complexity index is 688. The Hall–Kier alpha value is -2.33. The largest absolute Gasteiger partial charge is 0.548 e. The summed E-state index contributed by atoms with van der Waals surface area (Å²) in [7, 11) is -1.64. The quantitative estimate of drug-likeness (QED) is 0.545. The van der Waals surface area contributed by atoms with Crippen LogP contribution in [0.3, 0.4) is 0 Å². The van der Waals surface area contributed by atoms with Crippen LogP contribution in [-0.4, -0.2) is 40.6 Å². The van der Waals surface area contributed by atoms with E-state index < -0.39 is 27.9 Å². The number of rotatable bonds is 9. The fraction of sp³-hybridized carbons (Fsp3) is 0.385. The summed E-state index contributed by atoms with van der Waals surface area (Å²) in [6, 6.07) is 2.43. The van der Waals surface area contributed by atoms with Gasteiger partial charge in [-0.15, -0.1) is 0 Å². The van der Waals surface area contributed by atoms with Crippen molar-refractivity contribution in [3.05, 3.63) is 18.2 Å². The summed E-state index contributed by atoms with van der Waals surface area (Å²) in [5.74, 6) is -2.18. The molecule has 0 saturated carbocycles. The SMILES string of the molecule is COc1ccc(OC)c(S(=O)(=O)N[C@H](CCC(N)=O)C(=O)[O-])c1. The Kier molecular flexibility index (Phi) is 6.34. The van der Waals surface area contributed by atoms with Crippen LogP contribution in [0.25, 0.3) is 0 Å². The summed E-state index contributed by atoms with van der Waals surface area (Å²) >= 11 is 0. The second kappa shape index (κ2) is 7.79. The lowest BCUT2D eigenvalue weighted by Gasteiger charge is -2.20. The standard InChI is InChI=1S/C13H18N2O7S/c1-21-8-3-5-10(22-2)11(7-8)23(19,20)15-9(13(17)18)4-6-12(14)16/h3,5,7,9,15H,4,6H2,1-2H3,(H2,14,16)(H,17,18)/p-1/t9-/m1/s1.